The molecule has 1 aromatic carbocycles. The van der Waals surface area contributed by atoms with E-state index in [1.807, 2.05) is 6.92 Å². The molecule has 0 unspecified atom stereocenters. The fraction of sp³-hybridized carbons (Fsp3) is 0.529. The van der Waals surface area contributed by atoms with E-state index >= 15 is 0 Å². The lowest BCUT2D eigenvalue weighted by atomic mass is 10.1. The van der Waals surface area contributed by atoms with Crippen molar-refractivity contribution in [3.63, 3.8) is 0 Å². The van der Waals surface area contributed by atoms with Gasteiger partial charge in [-0.05, 0) is 38.0 Å². The van der Waals surface area contributed by atoms with Crippen molar-refractivity contribution in [3.05, 3.63) is 23.8 Å². The quantitative estimate of drug-likeness (QED) is 0.739. The van der Waals surface area contributed by atoms with Crippen LogP contribution in [0.15, 0.2) is 23.1 Å². The van der Waals surface area contributed by atoms with Gasteiger partial charge in [0.25, 0.3) is 5.91 Å². The SMILES string of the molecule is CNC(=O)COC(=O)c1ccc(OC)c(S(=O)(=O)N2CCCC[C@H]2C)c1. The van der Waals surface area contributed by atoms with Crippen LogP contribution in [0.3, 0.4) is 0 Å². The summed E-state index contributed by atoms with van der Waals surface area (Å²) in [5.74, 6) is -1.08. The summed E-state index contributed by atoms with van der Waals surface area (Å²) in [5, 5.41) is 2.33. The maximum Gasteiger partial charge on any atom is 0.338 e. The number of nitrogens with zero attached hydrogens (tertiary/aromatic N) is 1. The number of benzene rings is 1. The number of sulfonamides is 1. The first-order valence-electron chi connectivity index (χ1n) is 8.39. The van der Waals surface area contributed by atoms with E-state index in [9.17, 15) is 18.0 Å². The van der Waals surface area contributed by atoms with Crippen LogP contribution in [0.25, 0.3) is 0 Å². The average Bonchev–Trinajstić information content (AvgIpc) is 2.65. The third-order valence-electron chi connectivity index (χ3n) is 4.34. The van der Waals surface area contributed by atoms with Crippen LogP contribution in [0.1, 0.15) is 36.5 Å². The molecule has 1 fully saturated rings. The van der Waals surface area contributed by atoms with Crippen molar-refractivity contribution >= 4 is 21.9 Å². The van der Waals surface area contributed by atoms with Crippen molar-refractivity contribution in [2.24, 2.45) is 0 Å². The molecule has 1 aliphatic heterocycles. The Labute approximate surface area is 153 Å². The highest BCUT2D eigenvalue weighted by molar-refractivity contribution is 7.89. The van der Waals surface area contributed by atoms with Crippen molar-refractivity contribution in [2.75, 3.05) is 27.3 Å². The standard InChI is InChI=1S/C17H24N2O6S/c1-12-6-4-5-9-19(12)26(22,23)15-10-13(7-8-14(15)24-3)17(21)25-11-16(20)18-2/h7-8,10,12H,4-6,9,11H2,1-3H3,(H,18,20)/t12-/m1/s1. The number of carbonyl (C=O) groups is 2. The zero-order valence-electron chi connectivity index (χ0n) is 15.1. The Kier molecular flexibility index (Phi) is 6.60. The molecular weight excluding hydrogens is 360 g/mol. The average molecular weight is 384 g/mol. The van der Waals surface area contributed by atoms with Crippen LogP contribution in [0, 0.1) is 0 Å². The van der Waals surface area contributed by atoms with Gasteiger partial charge >= 0.3 is 5.97 Å². The molecule has 0 aromatic heterocycles. The third-order valence-corrected chi connectivity index (χ3v) is 6.38. The van der Waals surface area contributed by atoms with Gasteiger partial charge in [0, 0.05) is 19.6 Å². The minimum Gasteiger partial charge on any atom is -0.495 e. The molecule has 1 amide bonds. The molecule has 0 saturated carbocycles. The number of esters is 1. The summed E-state index contributed by atoms with van der Waals surface area (Å²) in [5.41, 5.74) is 0.0398. The Balaban J connectivity index is 2.34. The summed E-state index contributed by atoms with van der Waals surface area (Å²) < 4.78 is 37.7. The Morgan fingerprint density at radius 3 is 2.65 bits per heavy atom. The summed E-state index contributed by atoms with van der Waals surface area (Å²) in [4.78, 5) is 23.3. The molecule has 1 atom stereocenters. The van der Waals surface area contributed by atoms with E-state index in [1.54, 1.807) is 0 Å². The number of carbonyl (C=O) groups excluding carboxylic acids is 2. The molecule has 8 nitrogen and oxygen atoms in total. The van der Waals surface area contributed by atoms with Crippen molar-refractivity contribution in [3.8, 4) is 5.75 Å². The highest BCUT2D eigenvalue weighted by Gasteiger charge is 2.33. The van der Waals surface area contributed by atoms with Gasteiger partial charge in [0.2, 0.25) is 10.0 Å². The Hall–Kier alpha value is -2.13. The lowest BCUT2D eigenvalue weighted by Crippen LogP contribution is -2.42. The van der Waals surface area contributed by atoms with Crippen molar-refractivity contribution in [1.82, 2.24) is 9.62 Å². The Bertz CT molecular complexity index is 777. The normalized spacial score (nSPS) is 18.2. The van der Waals surface area contributed by atoms with Gasteiger partial charge in [-0.3, -0.25) is 4.79 Å². The van der Waals surface area contributed by atoms with Crippen LogP contribution in [0.5, 0.6) is 5.75 Å². The van der Waals surface area contributed by atoms with Gasteiger partial charge in [-0.1, -0.05) is 6.42 Å². The predicted octanol–water partition coefficient (Wildman–Crippen LogP) is 1.16. The summed E-state index contributed by atoms with van der Waals surface area (Å²) in [6.07, 6.45) is 2.56. The van der Waals surface area contributed by atoms with Gasteiger partial charge < -0.3 is 14.8 Å². The highest BCUT2D eigenvalue weighted by atomic mass is 32.2. The van der Waals surface area contributed by atoms with E-state index in [4.69, 9.17) is 9.47 Å². The van der Waals surface area contributed by atoms with Gasteiger partial charge in [-0.2, -0.15) is 4.31 Å². The predicted molar refractivity (Wildman–Crippen MR) is 94.5 cm³/mol. The molecule has 26 heavy (non-hydrogen) atoms. The van der Waals surface area contributed by atoms with Gasteiger partial charge in [0.05, 0.1) is 12.7 Å². The van der Waals surface area contributed by atoms with Crippen LogP contribution in [0.4, 0.5) is 0 Å². The summed E-state index contributed by atoms with van der Waals surface area (Å²) >= 11 is 0. The summed E-state index contributed by atoms with van der Waals surface area (Å²) in [6.45, 7) is 1.86. The zero-order valence-corrected chi connectivity index (χ0v) is 16.0. The number of rotatable bonds is 6. The molecule has 1 aliphatic rings. The molecule has 144 valence electrons. The molecule has 1 saturated heterocycles. The van der Waals surface area contributed by atoms with Crippen LogP contribution >= 0.6 is 0 Å². The van der Waals surface area contributed by atoms with E-state index in [0.29, 0.717) is 6.54 Å². The number of hydrogen-bond acceptors (Lipinski definition) is 6. The molecule has 1 aromatic rings. The number of ether oxygens (including phenoxy) is 2. The largest absolute Gasteiger partial charge is 0.495 e. The smallest absolute Gasteiger partial charge is 0.338 e. The molecular formula is C17H24N2O6S. The molecule has 0 bridgehead atoms. The minimum atomic E-state index is -3.82. The number of likely N-dealkylation sites (N-methyl/N-ethyl adjacent to an activating group) is 1. The molecule has 1 heterocycles. The lowest BCUT2D eigenvalue weighted by Gasteiger charge is -2.32. The summed E-state index contributed by atoms with van der Waals surface area (Å²) in [7, 11) is -1.03. The van der Waals surface area contributed by atoms with Crippen molar-refractivity contribution < 1.29 is 27.5 Å². The first-order valence-corrected chi connectivity index (χ1v) is 9.83. The molecule has 0 aliphatic carbocycles. The van der Waals surface area contributed by atoms with Crippen LogP contribution in [-0.2, 0) is 19.6 Å². The number of hydrogen-bond donors (Lipinski definition) is 1. The second-order valence-electron chi connectivity index (χ2n) is 6.08. The molecule has 0 radical (unpaired) electrons. The maximum absolute atomic E-state index is 13.1. The van der Waals surface area contributed by atoms with Crippen LogP contribution in [0.2, 0.25) is 0 Å². The lowest BCUT2D eigenvalue weighted by molar-refractivity contribution is -0.123. The molecule has 0 spiro atoms. The highest BCUT2D eigenvalue weighted by Crippen LogP contribution is 2.31. The van der Waals surface area contributed by atoms with E-state index < -0.39 is 28.5 Å². The number of methoxy groups -OCH3 is 1. The fourth-order valence-corrected chi connectivity index (χ4v) is 4.73. The number of piperidine rings is 1. The van der Waals surface area contributed by atoms with Gasteiger partial charge in [0.1, 0.15) is 10.6 Å². The zero-order chi connectivity index (χ0) is 19.3. The van der Waals surface area contributed by atoms with Crippen molar-refractivity contribution in [1.29, 1.82) is 0 Å². The molecule has 1 N–H and O–H groups in total. The number of amides is 1. The van der Waals surface area contributed by atoms with E-state index in [1.165, 1.54) is 36.7 Å². The van der Waals surface area contributed by atoms with Crippen LogP contribution in [-0.4, -0.2) is 58.0 Å². The van der Waals surface area contributed by atoms with Crippen LogP contribution < -0.4 is 10.1 Å². The third kappa shape index (κ3) is 4.34. The van der Waals surface area contributed by atoms with E-state index in [2.05, 4.69) is 5.32 Å². The van der Waals surface area contributed by atoms with Crippen molar-refractivity contribution in [2.45, 2.75) is 37.1 Å². The van der Waals surface area contributed by atoms with E-state index in [-0.39, 0.29) is 22.3 Å². The first kappa shape index (κ1) is 20.2. The van der Waals surface area contributed by atoms with Gasteiger partial charge in [-0.25, -0.2) is 13.2 Å². The summed E-state index contributed by atoms with van der Waals surface area (Å²) in [6, 6.07) is 3.94. The number of nitrogens with one attached hydrogen (secondary N) is 1. The monoisotopic (exact) mass is 384 g/mol. The van der Waals surface area contributed by atoms with Gasteiger partial charge in [-0.15, -0.1) is 0 Å². The maximum atomic E-state index is 13.1. The molecule has 2 rings (SSSR count). The second kappa shape index (κ2) is 8.50. The first-order chi connectivity index (χ1) is 12.3. The molecule has 9 heteroatoms. The Morgan fingerprint density at radius 2 is 2.04 bits per heavy atom. The second-order valence-corrected chi connectivity index (χ2v) is 7.93. The minimum absolute atomic E-state index is 0.0398. The Morgan fingerprint density at radius 1 is 1.31 bits per heavy atom. The van der Waals surface area contributed by atoms with Gasteiger partial charge in [0.15, 0.2) is 6.61 Å². The fourth-order valence-electron chi connectivity index (χ4n) is 2.85. The van der Waals surface area contributed by atoms with E-state index in [0.717, 1.165) is 19.3 Å². The topological polar surface area (TPSA) is 102 Å².